The van der Waals surface area contributed by atoms with Crippen LogP contribution in [0.25, 0.3) is 11.0 Å². The maximum Gasteiger partial charge on any atom is 0.271 e. The topological polar surface area (TPSA) is 110 Å². The third-order valence-electron chi connectivity index (χ3n) is 4.01. The number of rotatable bonds is 4. The van der Waals surface area contributed by atoms with Gasteiger partial charge in [-0.2, -0.15) is 0 Å². The zero-order valence-electron chi connectivity index (χ0n) is 11.1. The lowest BCUT2D eigenvalue weighted by atomic mass is 9.98. The molecule has 7 heteroatoms. The summed E-state index contributed by atoms with van der Waals surface area (Å²) in [6.07, 6.45) is 4.38. The first-order chi connectivity index (χ1) is 9.62. The Balaban J connectivity index is 1.91. The summed E-state index contributed by atoms with van der Waals surface area (Å²) in [4.78, 5) is 17.9. The molecule has 0 saturated heterocycles. The first-order valence-electron chi connectivity index (χ1n) is 6.74. The van der Waals surface area contributed by atoms with Gasteiger partial charge in [-0.25, -0.2) is 4.98 Å². The van der Waals surface area contributed by atoms with Crippen LogP contribution in [-0.4, -0.2) is 27.0 Å². The van der Waals surface area contributed by atoms with Crippen molar-refractivity contribution in [1.82, 2.24) is 9.97 Å². The van der Waals surface area contributed by atoms with E-state index in [1.165, 1.54) is 12.1 Å². The molecular formula is C13H17N5O2. The summed E-state index contributed by atoms with van der Waals surface area (Å²) in [5.74, 6) is 0.632. The van der Waals surface area contributed by atoms with Crippen LogP contribution in [-0.2, 0) is 0 Å². The molecule has 0 radical (unpaired) electrons. The number of nitro benzene ring substituents is 1. The fourth-order valence-electron chi connectivity index (χ4n) is 2.85. The molecule has 0 atom stereocenters. The third kappa shape index (κ3) is 2.20. The normalized spacial score (nSPS) is 17.4. The lowest BCUT2D eigenvalue weighted by molar-refractivity contribution is -0.384. The van der Waals surface area contributed by atoms with E-state index in [1.54, 1.807) is 6.07 Å². The summed E-state index contributed by atoms with van der Waals surface area (Å²) >= 11 is 0. The van der Waals surface area contributed by atoms with Crippen LogP contribution >= 0.6 is 0 Å². The highest BCUT2D eigenvalue weighted by Crippen LogP contribution is 2.32. The summed E-state index contributed by atoms with van der Waals surface area (Å²) in [7, 11) is 0. The van der Waals surface area contributed by atoms with Crippen LogP contribution in [0.4, 0.5) is 11.6 Å². The molecule has 1 aliphatic rings. The van der Waals surface area contributed by atoms with E-state index >= 15 is 0 Å². The second kappa shape index (κ2) is 4.75. The Kier molecular flexibility index (Phi) is 3.06. The number of hydrogen-bond donors (Lipinski definition) is 3. The van der Waals surface area contributed by atoms with E-state index in [9.17, 15) is 10.1 Å². The summed E-state index contributed by atoms with van der Waals surface area (Å²) < 4.78 is 0. The van der Waals surface area contributed by atoms with Crippen molar-refractivity contribution >= 4 is 22.7 Å². The summed E-state index contributed by atoms with van der Waals surface area (Å²) in [5, 5.41) is 14.1. The maximum absolute atomic E-state index is 10.8. The number of nitrogens with zero attached hydrogens (tertiary/aromatic N) is 2. The smallest absolute Gasteiger partial charge is 0.271 e. The Morgan fingerprint density at radius 3 is 2.85 bits per heavy atom. The highest BCUT2D eigenvalue weighted by Gasteiger charge is 2.33. The molecule has 7 nitrogen and oxygen atoms in total. The van der Waals surface area contributed by atoms with Gasteiger partial charge in [0.25, 0.3) is 5.69 Å². The fraction of sp³-hybridized carbons (Fsp3) is 0.462. The molecule has 0 unspecified atom stereocenters. The Bertz CT molecular complexity index is 645. The van der Waals surface area contributed by atoms with Crippen LogP contribution in [0, 0.1) is 10.1 Å². The number of non-ortho nitro benzene ring substituents is 1. The number of nitrogens with two attached hydrogens (primary N) is 1. The number of fused-ring (bicyclic) bond motifs is 1. The molecule has 106 valence electrons. The van der Waals surface area contributed by atoms with Gasteiger partial charge in [-0.15, -0.1) is 0 Å². The first-order valence-corrected chi connectivity index (χ1v) is 6.74. The predicted molar refractivity (Wildman–Crippen MR) is 76.6 cm³/mol. The van der Waals surface area contributed by atoms with Crippen LogP contribution in [0.3, 0.4) is 0 Å². The molecule has 1 aromatic heterocycles. The molecular weight excluding hydrogens is 258 g/mol. The van der Waals surface area contributed by atoms with E-state index in [1.807, 2.05) is 0 Å². The van der Waals surface area contributed by atoms with Crippen molar-refractivity contribution in [2.45, 2.75) is 31.2 Å². The Morgan fingerprint density at radius 1 is 1.45 bits per heavy atom. The van der Waals surface area contributed by atoms with Crippen molar-refractivity contribution in [2.75, 3.05) is 11.9 Å². The second-order valence-electron chi connectivity index (χ2n) is 5.36. The monoisotopic (exact) mass is 275 g/mol. The number of benzene rings is 1. The highest BCUT2D eigenvalue weighted by molar-refractivity contribution is 5.80. The van der Waals surface area contributed by atoms with Crippen LogP contribution < -0.4 is 11.1 Å². The van der Waals surface area contributed by atoms with E-state index in [0.29, 0.717) is 23.5 Å². The minimum Gasteiger partial charge on any atom is -0.349 e. The number of aromatic amines is 1. The van der Waals surface area contributed by atoms with Crippen LogP contribution in [0.1, 0.15) is 25.7 Å². The zero-order chi connectivity index (χ0) is 14.2. The number of hydrogen-bond acceptors (Lipinski definition) is 5. The lowest BCUT2D eigenvalue weighted by Gasteiger charge is -2.28. The Hall–Kier alpha value is -2.15. The molecule has 3 rings (SSSR count). The Labute approximate surface area is 115 Å². The summed E-state index contributed by atoms with van der Waals surface area (Å²) in [6.45, 7) is 0.560. The van der Waals surface area contributed by atoms with Crippen molar-refractivity contribution in [3.05, 3.63) is 28.3 Å². The van der Waals surface area contributed by atoms with Gasteiger partial charge in [0.15, 0.2) is 0 Å². The molecule has 1 aromatic carbocycles. The van der Waals surface area contributed by atoms with Gasteiger partial charge in [0.2, 0.25) is 5.95 Å². The number of anilines is 1. The average Bonchev–Trinajstić information content (AvgIpc) is 3.04. The van der Waals surface area contributed by atoms with Gasteiger partial charge in [-0.05, 0) is 18.9 Å². The molecule has 2 aromatic rings. The molecule has 0 bridgehead atoms. The predicted octanol–water partition coefficient (Wildman–Crippen LogP) is 2.15. The molecule has 1 saturated carbocycles. The molecule has 1 fully saturated rings. The number of H-pyrrole nitrogens is 1. The van der Waals surface area contributed by atoms with Crippen molar-refractivity contribution in [3.63, 3.8) is 0 Å². The van der Waals surface area contributed by atoms with Crippen molar-refractivity contribution < 1.29 is 4.92 Å². The summed E-state index contributed by atoms with van der Waals surface area (Å²) in [6, 6.07) is 4.61. The molecule has 1 heterocycles. The Morgan fingerprint density at radius 2 is 2.20 bits per heavy atom. The SMILES string of the molecule is NCC1(Nc2nc3ccc([N+](=O)[O-])cc3[nH]2)CCCC1. The van der Waals surface area contributed by atoms with Crippen LogP contribution in [0.2, 0.25) is 0 Å². The molecule has 20 heavy (non-hydrogen) atoms. The number of nitro groups is 1. The second-order valence-corrected chi connectivity index (χ2v) is 5.36. The van der Waals surface area contributed by atoms with Gasteiger partial charge >= 0.3 is 0 Å². The quantitative estimate of drug-likeness (QED) is 0.585. The van der Waals surface area contributed by atoms with Crippen LogP contribution in [0.15, 0.2) is 18.2 Å². The van der Waals surface area contributed by atoms with E-state index in [4.69, 9.17) is 5.73 Å². The van der Waals surface area contributed by atoms with Crippen molar-refractivity contribution in [1.29, 1.82) is 0 Å². The standard InChI is InChI=1S/C13H17N5O2/c14-8-13(5-1-2-6-13)17-12-15-10-4-3-9(18(19)20)7-11(10)16-12/h3-4,7H,1-2,5-6,8,14H2,(H2,15,16,17). The van der Waals surface area contributed by atoms with Gasteiger partial charge in [-0.3, -0.25) is 10.1 Å². The van der Waals surface area contributed by atoms with E-state index in [2.05, 4.69) is 15.3 Å². The van der Waals surface area contributed by atoms with Gasteiger partial charge < -0.3 is 16.0 Å². The molecule has 1 aliphatic carbocycles. The number of aromatic nitrogens is 2. The van der Waals surface area contributed by atoms with Crippen molar-refractivity contribution in [3.8, 4) is 0 Å². The van der Waals surface area contributed by atoms with Gasteiger partial charge in [0.1, 0.15) is 0 Å². The highest BCUT2D eigenvalue weighted by atomic mass is 16.6. The van der Waals surface area contributed by atoms with E-state index in [0.717, 1.165) is 25.7 Å². The fourth-order valence-corrected chi connectivity index (χ4v) is 2.85. The molecule has 0 aliphatic heterocycles. The van der Waals surface area contributed by atoms with Crippen LogP contribution in [0.5, 0.6) is 0 Å². The van der Waals surface area contributed by atoms with Gasteiger partial charge in [-0.1, -0.05) is 12.8 Å². The number of nitrogens with one attached hydrogen (secondary N) is 2. The zero-order valence-corrected chi connectivity index (χ0v) is 11.1. The molecule has 4 N–H and O–H groups in total. The average molecular weight is 275 g/mol. The maximum atomic E-state index is 10.8. The summed E-state index contributed by atoms with van der Waals surface area (Å²) in [5.41, 5.74) is 7.21. The first kappa shape index (κ1) is 12.9. The number of imidazole rings is 1. The largest absolute Gasteiger partial charge is 0.349 e. The van der Waals surface area contributed by atoms with Gasteiger partial charge in [0.05, 0.1) is 21.5 Å². The van der Waals surface area contributed by atoms with E-state index < -0.39 is 4.92 Å². The van der Waals surface area contributed by atoms with Gasteiger partial charge in [0, 0.05) is 18.7 Å². The third-order valence-corrected chi connectivity index (χ3v) is 4.01. The minimum absolute atomic E-state index is 0.0575. The molecule has 0 amide bonds. The van der Waals surface area contributed by atoms with Crippen molar-refractivity contribution in [2.24, 2.45) is 5.73 Å². The lowest BCUT2D eigenvalue weighted by Crippen LogP contribution is -2.43. The minimum atomic E-state index is -0.411. The van der Waals surface area contributed by atoms with E-state index in [-0.39, 0.29) is 11.2 Å². The molecule has 0 spiro atoms.